The fourth-order valence-electron chi connectivity index (χ4n) is 15.8. The molecule has 4 saturated carbocycles. The summed E-state index contributed by atoms with van der Waals surface area (Å²) in [6.07, 6.45) is 21.0. The molecule has 0 spiro atoms. The number of ether oxygens (including phenoxy) is 13. The Morgan fingerprint density at radius 2 is 1.16 bits per heavy atom. The lowest BCUT2D eigenvalue weighted by Crippen LogP contribution is -2.60. The largest absolute Gasteiger partial charge is 0.463 e. The molecular weight excluding hydrogens is 1060 g/mol. The van der Waals surface area contributed by atoms with Gasteiger partial charge >= 0.3 is 18.0 Å². The second-order valence-electron chi connectivity index (χ2n) is 25.6. The van der Waals surface area contributed by atoms with Crippen LogP contribution in [-0.2, 0) is 71.2 Å². The maximum atomic E-state index is 13.0. The van der Waals surface area contributed by atoms with E-state index < -0.39 is 0 Å². The average molecular weight is 1170 g/mol. The molecule has 8 aliphatic rings. The summed E-state index contributed by atoms with van der Waals surface area (Å²) in [7, 11) is 0. The Morgan fingerprint density at radius 1 is 0.605 bits per heavy atom. The number of esters is 2. The number of hydrogen-bond donors (Lipinski definition) is 2. The molecule has 0 aromatic heterocycles. The fourth-order valence-corrected chi connectivity index (χ4v) is 17.7. The third kappa shape index (κ3) is 17.9. The lowest BCUT2D eigenvalue weighted by molar-refractivity contribution is -0.260. The highest BCUT2D eigenvalue weighted by Gasteiger charge is 2.65. The lowest BCUT2D eigenvalue weighted by Gasteiger charge is -2.63. The number of fused-ring (bicyclic) bond motifs is 6. The van der Waals surface area contributed by atoms with Crippen molar-refractivity contribution >= 4 is 29.7 Å². The van der Waals surface area contributed by atoms with Crippen LogP contribution in [0.3, 0.4) is 0 Å². The van der Waals surface area contributed by atoms with E-state index in [1.807, 2.05) is 11.8 Å². The molecule has 4 aliphatic heterocycles. The van der Waals surface area contributed by atoms with Crippen LogP contribution in [0.2, 0.25) is 0 Å². The van der Waals surface area contributed by atoms with Gasteiger partial charge in [0.05, 0.1) is 116 Å². The number of carbonyl (C=O) groups is 3. The van der Waals surface area contributed by atoms with Crippen molar-refractivity contribution in [1.29, 1.82) is 0 Å². The Labute approximate surface area is 489 Å². The van der Waals surface area contributed by atoms with Crippen molar-refractivity contribution in [1.82, 2.24) is 10.6 Å². The number of hydrogen-bond acceptors (Lipinski definition) is 17. The Kier molecular flexibility index (Phi) is 26.3. The normalized spacial score (nSPS) is 35.7. The van der Waals surface area contributed by atoms with Crippen LogP contribution in [0.25, 0.3) is 0 Å². The molecule has 466 valence electrons. The number of nitrogens with one attached hydrogen (secondary N) is 2. The van der Waals surface area contributed by atoms with E-state index in [0.717, 1.165) is 89.1 Å². The van der Waals surface area contributed by atoms with Crippen LogP contribution in [0, 0.1) is 46.3 Å². The molecule has 81 heavy (non-hydrogen) atoms. The third-order valence-corrected chi connectivity index (χ3v) is 22.5. The van der Waals surface area contributed by atoms with Gasteiger partial charge in [0.1, 0.15) is 13.2 Å². The summed E-state index contributed by atoms with van der Waals surface area (Å²) in [5.74, 6) is 4.10. The van der Waals surface area contributed by atoms with Crippen LogP contribution < -0.4 is 10.6 Å². The average Bonchev–Trinajstić information content (AvgIpc) is 3.54. The first kappa shape index (κ1) is 65.1. The van der Waals surface area contributed by atoms with Crippen LogP contribution in [0.15, 0.2) is 0 Å². The van der Waals surface area contributed by atoms with Gasteiger partial charge in [0.2, 0.25) is 0 Å². The maximum absolute atomic E-state index is 13.0. The number of carbonyl (C=O) groups excluding carboxylic acids is 3. The highest BCUT2D eigenvalue weighted by molar-refractivity contribution is 8.00. The molecule has 2 amide bonds. The number of unbranched alkanes of at least 4 members (excludes halogenated alkanes) is 1. The molecule has 8 fully saturated rings. The van der Waals surface area contributed by atoms with Gasteiger partial charge < -0.3 is 72.2 Å². The van der Waals surface area contributed by atoms with E-state index in [1.54, 1.807) is 0 Å². The third-order valence-electron chi connectivity index (χ3n) is 20.6. The molecular formula is C62H106N2O16S. The van der Waals surface area contributed by atoms with Crippen LogP contribution in [0.5, 0.6) is 0 Å². The van der Waals surface area contributed by atoms with Crippen molar-refractivity contribution in [2.75, 3.05) is 125 Å². The molecule has 4 saturated heterocycles. The summed E-state index contributed by atoms with van der Waals surface area (Å²) in [6.45, 7) is 19.9. The quantitative estimate of drug-likeness (QED) is 0.0258. The van der Waals surface area contributed by atoms with Gasteiger partial charge in [-0.2, -0.15) is 11.8 Å². The van der Waals surface area contributed by atoms with Crippen LogP contribution in [0.4, 0.5) is 4.79 Å². The molecule has 18 nitrogen and oxygen atoms in total. The molecule has 15 atom stereocenters. The highest BCUT2D eigenvalue weighted by atomic mass is 32.2. The summed E-state index contributed by atoms with van der Waals surface area (Å²) < 4.78 is 76.2. The van der Waals surface area contributed by atoms with E-state index in [4.69, 9.17) is 61.6 Å². The molecule has 4 heterocycles. The van der Waals surface area contributed by atoms with Crippen molar-refractivity contribution in [3.63, 3.8) is 0 Å². The van der Waals surface area contributed by atoms with Crippen molar-refractivity contribution in [2.24, 2.45) is 46.3 Å². The molecule has 0 bridgehead atoms. The molecule has 19 heteroatoms. The number of thioether (sulfide) groups is 1. The first-order valence-electron chi connectivity index (χ1n) is 31.9. The Hall–Kier alpha value is -1.88. The molecule has 2 N–H and O–H groups in total. The van der Waals surface area contributed by atoms with Crippen LogP contribution in [-0.4, -0.2) is 184 Å². The predicted octanol–water partition coefficient (Wildman–Crippen LogP) is 9.20. The van der Waals surface area contributed by atoms with Gasteiger partial charge in [0.25, 0.3) is 0 Å². The fraction of sp³-hybridized carbons (Fsp3) is 0.952. The van der Waals surface area contributed by atoms with Crippen molar-refractivity contribution in [3.05, 3.63) is 0 Å². The van der Waals surface area contributed by atoms with E-state index >= 15 is 0 Å². The van der Waals surface area contributed by atoms with Crippen LogP contribution >= 0.6 is 11.8 Å². The predicted molar refractivity (Wildman–Crippen MR) is 307 cm³/mol. The minimum Gasteiger partial charge on any atom is -0.463 e. The van der Waals surface area contributed by atoms with E-state index in [9.17, 15) is 14.4 Å². The van der Waals surface area contributed by atoms with Gasteiger partial charge in [-0.3, -0.25) is 9.59 Å². The number of rotatable bonds is 37. The topological polar surface area (TPSA) is 195 Å². The Balaban J connectivity index is 0.578. The van der Waals surface area contributed by atoms with E-state index in [1.165, 1.54) is 51.4 Å². The van der Waals surface area contributed by atoms with Crippen molar-refractivity contribution in [3.8, 4) is 0 Å². The van der Waals surface area contributed by atoms with Crippen molar-refractivity contribution < 1.29 is 76.0 Å². The van der Waals surface area contributed by atoms with Gasteiger partial charge in [-0.25, -0.2) is 4.79 Å². The first-order chi connectivity index (χ1) is 39.3. The summed E-state index contributed by atoms with van der Waals surface area (Å²) in [6, 6.07) is -0.0944. The molecule has 0 radical (unpaired) electrons. The van der Waals surface area contributed by atoms with Gasteiger partial charge in [-0.05, 0) is 164 Å². The maximum Gasteiger partial charge on any atom is 0.315 e. The molecule has 4 aliphatic carbocycles. The summed E-state index contributed by atoms with van der Waals surface area (Å²) in [4.78, 5) is 37.1. The monoisotopic (exact) mass is 1170 g/mol. The number of urea groups is 1. The molecule has 8 rings (SSSR count). The second-order valence-corrected chi connectivity index (χ2v) is 26.8. The minimum atomic E-state index is -0.271. The van der Waals surface area contributed by atoms with E-state index in [-0.39, 0.29) is 66.4 Å². The summed E-state index contributed by atoms with van der Waals surface area (Å²) in [5, 5.41) is 6.51. The Bertz CT molecular complexity index is 1880. The number of amides is 2. The zero-order chi connectivity index (χ0) is 57.0. The molecule has 3 unspecified atom stereocenters. The Morgan fingerprint density at radius 3 is 1.73 bits per heavy atom. The van der Waals surface area contributed by atoms with Gasteiger partial charge in [0, 0.05) is 42.5 Å². The van der Waals surface area contributed by atoms with Gasteiger partial charge in [0.15, 0.2) is 12.6 Å². The smallest absolute Gasteiger partial charge is 0.315 e. The minimum absolute atomic E-state index is 0.0107. The zero-order valence-electron chi connectivity index (χ0n) is 50.4. The molecule has 0 aromatic rings. The van der Waals surface area contributed by atoms with Crippen molar-refractivity contribution in [2.45, 2.75) is 204 Å². The summed E-state index contributed by atoms with van der Waals surface area (Å²) in [5.41, 5.74) is -0.144. The van der Waals surface area contributed by atoms with Gasteiger partial charge in [-0.1, -0.05) is 27.2 Å². The summed E-state index contributed by atoms with van der Waals surface area (Å²) >= 11 is 1.89. The first-order valence-corrected chi connectivity index (χ1v) is 33.0. The highest BCUT2D eigenvalue weighted by Crippen LogP contribution is 2.69. The SMILES string of the molecule is C[C@H](CCC(=O)OCCOCCOCCOCCOCCOCCOCCOCCOC(=O)CCCC[C@@H]1SC[C@]2(C)NC(=O)N[C@]12C)[C@H]1CC[C@H]2[C@@H]3CC[C@@H]4C[C@H](OC5CCCCO5)CC[C@]4(C)[C@H]3CC(OC3CCCCO3)[C@]12C. The standard InChI is InChI=1S/C62H106N2O16S/c1-45(49-19-20-50-48-18-17-46-42-47(79-56-14-8-10-24-77-56)22-23-59(46,2)51(48)43-52(61(49,50)4)80-57-15-9-11-25-78-57)16-21-55(66)76-41-39-74-37-35-72-33-31-70-29-27-68-26-28-69-30-32-71-34-36-73-38-40-75-54(65)13-7-6-12-53-62(5)60(3,44-81-53)63-58(67)64-62/h45-53,56-57H,6-44H2,1-5H3,(H2,63,64,67)/t45-,46-,47-,48+,49-,50+,51+,52?,53+,56?,57?,59+,60+,61-,62-/m1/s1. The van der Waals surface area contributed by atoms with Crippen LogP contribution in [0.1, 0.15) is 163 Å². The van der Waals surface area contributed by atoms with Gasteiger partial charge in [-0.15, -0.1) is 0 Å². The second kappa shape index (κ2) is 32.7. The van der Waals surface area contributed by atoms with E-state index in [0.29, 0.717) is 152 Å². The zero-order valence-corrected chi connectivity index (χ0v) is 51.2. The lowest BCUT2D eigenvalue weighted by atomic mass is 9.43. The molecule has 0 aromatic carbocycles. The van der Waals surface area contributed by atoms with E-state index in [2.05, 4.69) is 45.3 Å².